The zero-order valence-electron chi connectivity index (χ0n) is 16.4. The molecule has 1 atom stereocenters. The van der Waals surface area contributed by atoms with Crippen molar-refractivity contribution in [1.29, 1.82) is 0 Å². The summed E-state index contributed by atoms with van der Waals surface area (Å²) in [6.45, 7) is 12.6. The monoisotopic (exact) mass is 349 g/mol. The predicted octanol–water partition coefficient (Wildman–Crippen LogP) is 4.05. The molecule has 0 saturated heterocycles. The zero-order chi connectivity index (χ0) is 18.1. The average molecular weight is 350 g/mol. The Hall–Kier alpha value is -1.10. The van der Waals surface area contributed by atoms with Gasteiger partial charge in [-0.15, -0.1) is 0 Å². The summed E-state index contributed by atoms with van der Waals surface area (Å²) >= 11 is 0. The number of hydrogen-bond donors (Lipinski definition) is 0. The summed E-state index contributed by atoms with van der Waals surface area (Å²) in [7, 11) is 0. The first-order valence-electron chi connectivity index (χ1n) is 9.93. The van der Waals surface area contributed by atoms with E-state index in [-0.39, 0.29) is 6.29 Å². The Balaban J connectivity index is 1.94. The molecular weight excluding hydrogens is 314 g/mol. The van der Waals surface area contributed by atoms with Crippen LogP contribution in [0.15, 0.2) is 18.2 Å². The van der Waals surface area contributed by atoms with Crippen LogP contribution >= 0.6 is 0 Å². The van der Waals surface area contributed by atoms with Gasteiger partial charge in [-0.05, 0) is 75.9 Å². The maximum Gasteiger partial charge on any atom is 0.191 e. The minimum absolute atomic E-state index is 0.291. The highest BCUT2D eigenvalue weighted by molar-refractivity contribution is 5.40. The van der Waals surface area contributed by atoms with Gasteiger partial charge in [0.25, 0.3) is 0 Å². The third-order valence-electron chi connectivity index (χ3n) is 4.72. The van der Waals surface area contributed by atoms with Crippen molar-refractivity contribution in [3.8, 4) is 5.75 Å². The van der Waals surface area contributed by atoms with Crippen LogP contribution in [0.4, 0.5) is 0 Å². The lowest BCUT2D eigenvalue weighted by Crippen LogP contribution is -2.37. The Morgan fingerprint density at radius 1 is 0.960 bits per heavy atom. The highest BCUT2D eigenvalue weighted by Crippen LogP contribution is 2.29. The molecule has 0 aromatic heterocycles. The predicted molar refractivity (Wildman–Crippen MR) is 102 cm³/mol. The maximum atomic E-state index is 5.93. The quantitative estimate of drug-likeness (QED) is 0.533. The van der Waals surface area contributed by atoms with E-state index in [2.05, 4.69) is 36.9 Å². The molecule has 4 nitrogen and oxygen atoms in total. The van der Waals surface area contributed by atoms with Crippen LogP contribution in [0.25, 0.3) is 0 Å². The van der Waals surface area contributed by atoms with Crippen molar-refractivity contribution in [2.24, 2.45) is 0 Å². The summed E-state index contributed by atoms with van der Waals surface area (Å²) in [5.74, 6) is 0.918. The minimum Gasteiger partial charge on any atom is -0.488 e. The molecular formula is C21H35NO3. The van der Waals surface area contributed by atoms with Crippen molar-refractivity contribution in [2.75, 3.05) is 32.9 Å². The van der Waals surface area contributed by atoms with Gasteiger partial charge in [0.15, 0.2) is 6.29 Å². The fraction of sp³-hybridized carbons (Fsp3) is 0.714. The van der Waals surface area contributed by atoms with E-state index in [1.807, 2.05) is 13.8 Å². The van der Waals surface area contributed by atoms with Crippen LogP contribution < -0.4 is 4.74 Å². The summed E-state index contributed by atoms with van der Waals surface area (Å²) in [6.07, 6.45) is 4.44. The lowest BCUT2D eigenvalue weighted by atomic mass is 10.1. The minimum atomic E-state index is -0.291. The molecule has 1 aromatic carbocycles. The number of nitrogens with zero attached hydrogens (tertiary/aromatic N) is 1. The third-order valence-corrected chi connectivity index (χ3v) is 4.72. The molecule has 25 heavy (non-hydrogen) atoms. The summed E-state index contributed by atoms with van der Waals surface area (Å²) in [6, 6.07) is 7.17. The Morgan fingerprint density at radius 3 is 2.20 bits per heavy atom. The standard InChI is InChI=1S/C21H35NO3/c1-5-11-22(12-6-2)19-13-17-9-10-20(15-18(17)14-19)25-16-21(23-7-3)24-8-4/h9-10,15,19,21H,5-8,11-14,16H2,1-4H3. The molecule has 0 heterocycles. The van der Waals surface area contributed by atoms with Crippen molar-refractivity contribution in [3.63, 3.8) is 0 Å². The van der Waals surface area contributed by atoms with Gasteiger partial charge in [-0.3, -0.25) is 4.90 Å². The average Bonchev–Trinajstić information content (AvgIpc) is 3.03. The van der Waals surface area contributed by atoms with Crippen LogP contribution in [-0.2, 0) is 22.3 Å². The Morgan fingerprint density at radius 2 is 1.60 bits per heavy atom. The zero-order valence-corrected chi connectivity index (χ0v) is 16.4. The molecule has 1 aliphatic rings. The van der Waals surface area contributed by atoms with Crippen LogP contribution in [-0.4, -0.2) is 50.1 Å². The number of hydrogen-bond acceptors (Lipinski definition) is 4. The second-order valence-electron chi connectivity index (χ2n) is 6.68. The first-order chi connectivity index (χ1) is 12.2. The first kappa shape index (κ1) is 20.2. The van der Waals surface area contributed by atoms with Gasteiger partial charge in [-0.25, -0.2) is 0 Å². The lowest BCUT2D eigenvalue weighted by molar-refractivity contribution is -0.152. The first-order valence-corrected chi connectivity index (χ1v) is 9.93. The topological polar surface area (TPSA) is 30.9 Å². The number of rotatable bonds is 12. The highest BCUT2D eigenvalue weighted by atomic mass is 16.7. The van der Waals surface area contributed by atoms with E-state index in [1.54, 1.807) is 0 Å². The molecule has 2 rings (SSSR count). The van der Waals surface area contributed by atoms with E-state index >= 15 is 0 Å². The molecule has 0 aliphatic heterocycles. The molecule has 0 fully saturated rings. The number of fused-ring (bicyclic) bond motifs is 1. The molecule has 0 radical (unpaired) electrons. The molecule has 142 valence electrons. The van der Waals surface area contributed by atoms with Gasteiger partial charge >= 0.3 is 0 Å². The van der Waals surface area contributed by atoms with Gasteiger partial charge < -0.3 is 14.2 Å². The van der Waals surface area contributed by atoms with E-state index in [4.69, 9.17) is 14.2 Å². The van der Waals surface area contributed by atoms with Crippen molar-refractivity contribution in [1.82, 2.24) is 4.90 Å². The van der Waals surface area contributed by atoms with E-state index < -0.39 is 0 Å². The Bertz CT molecular complexity index is 494. The Labute approximate surface area is 153 Å². The molecule has 0 bridgehead atoms. The summed E-state index contributed by atoms with van der Waals surface area (Å²) in [5, 5.41) is 0. The summed E-state index contributed by atoms with van der Waals surface area (Å²) < 4.78 is 17.0. The molecule has 0 N–H and O–H groups in total. The highest BCUT2D eigenvalue weighted by Gasteiger charge is 2.26. The maximum absolute atomic E-state index is 5.93. The molecule has 0 saturated carbocycles. The van der Waals surface area contributed by atoms with Gasteiger partial charge in [-0.1, -0.05) is 19.9 Å². The van der Waals surface area contributed by atoms with Crippen molar-refractivity contribution in [3.05, 3.63) is 29.3 Å². The van der Waals surface area contributed by atoms with E-state index in [1.165, 1.54) is 37.1 Å². The van der Waals surface area contributed by atoms with Crippen LogP contribution in [0, 0.1) is 0 Å². The SMILES string of the molecule is CCCN(CCC)C1Cc2ccc(OCC(OCC)OCC)cc2C1. The van der Waals surface area contributed by atoms with E-state index in [0.29, 0.717) is 25.9 Å². The number of benzene rings is 1. The molecule has 0 amide bonds. The van der Waals surface area contributed by atoms with Crippen molar-refractivity contribution < 1.29 is 14.2 Å². The molecule has 1 unspecified atom stereocenters. The summed E-state index contributed by atoms with van der Waals surface area (Å²) in [5.41, 5.74) is 2.91. The smallest absolute Gasteiger partial charge is 0.191 e. The van der Waals surface area contributed by atoms with Gasteiger partial charge in [-0.2, -0.15) is 0 Å². The van der Waals surface area contributed by atoms with Gasteiger partial charge in [0.1, 0.15) is 12.4 Å². The van der Waals surface area contributed by atoms with Gasteiger partial charge in [0.2, 0.25) is 0 Å². The van der Waals surface area contributed by atoms with Crippen molar-refractivity contribution in [2.45, 2.75) is 65.7 Å². The van der Waals surface area contributed by atoms with E-state index in [0.717, 1.165) is 18.6 Å². The lowest BCUT2D eigenvalue weighted by Gasteiger charge is -2.27. The molecule has 1 aliphatic carbocycles. The summed E-state index contributed by atoms with van der Waals surface area (Å²) in [4.78, 5) is 2.65. The largest absolute Gasteiger partial charge is 0.488 e. The van der Waals surface area contributed by atoms with Crippen LogP contribution in [0.3, 0.4) is 0 Å². The molecule has 1 aromatic rings. The van der Waals surface area contributed by atoms with Crippen molar-refractivity contribution >= 4 is 0 Å². The van der Waals surface area contributed by atoms with E-state index in [9.17, 15) is 0 Å². The normalized spacial score (nSPS) is 16.6. The third kappa shape index (κ3) is 5.98. The fourth-order valence-electron chi connectivity index (χ4n) is 3.65. The number of ether oxygens (including phenoxy) is 3. The second kappa shape index (κ2) is 10.8. The van der Waals surface area contributed by atoms with Crippen LogP contribution in [0.5, 0.6) is 5.75 Å². The molecule has 0 spiro atoms. The van der Waals surface area contributed by atoms with Crippen LogP contribution in [0.1, 0.15) is 51.7 Å². The van der Waals surface area contributed by atoms with Crippen LogP contribution in [0.2, 0.25) is 0 Å². The Kier molecular flexibility index (Phi) is 8.73. The molecule has 4 heteroatoms. The second-order valence-corrected chi connectivity index (χ2v) is 6.68. The fourth-order valence-corrected chi connectivity index (χ4v) is 3.65. The van der Waals surface area contributed by atoms with Gasteiger partial charge in [0.05, 0.1) is 0 Å². The van der Waals surface area contributed by atoms with Gasteiger partial charge in [0, 0.05) is 19.3 Å².